The Morgan fingerprint density at radius 3 is 1.29 bits per heavy atom. The van der Waals surface area contributed by atoms with Gasteiger partial charge in [-0.3, -0.25) is 9.59 Å². The van der Waals surface area contributed by atoms with E-state index in [1.165, 1.54) is 10.0 Å². The Labute approximate surface area is 218 Å². The second kappa shape index (κ2) is 10.1. The molecule has 2 N–H and O–H groups in total. The van der Waals surface area contributed by atoms with Crippen molar-refractivity contribution in [2.24, 2.45) is 32.4 Å². The molecule has 3 aromatic rings. The molecule has 0 fully saturated rings. The van der Waals surface area contributed by atoms with Gasteiger partial charge in [-0.05, 0) is 38.1 Å². The second-order valence-corrected chi connectivity index (χ2v) is 8.87. The van der Waals surface area contributed by atoms with Gasteiger partial charge in [-0.15, -0.1) is 0 Å². The first-order chi connectivity index (χ1) is 18.4. The van der Waals surface area contributed by atoms with Gasteiger partial charge in [0.2, 0.25) is 0 Å². The summed E-state index contributed by atoms with van der Waals surface area (Å²) in [6, 6.07) is 24.6. The number of rotatable bonds is 6. The third kappa shape index (κ3) is 4.21. The molecule has 0 saturated heterocycles. The number of hydrogen-bond donors (Lipinski definition) is 2. The summed E-state index contributed by atoms with van der Waals surface area (Å²) in [7, 11) is 0. The summed E-state index contributed by atoms with van der Waals surface area (Å²) in [5, 5.41) is 38.0. The van der Waals surface area contributed by atoms with Crippen molar-refractivity contribution in [3.63, 3.8) is 0 Å². The van der Waals surface area contributed by atoms with E-state index in [4.69, 9.17) is 0 Å². The maximum atomic E-state index is 13.2. The maximum absolute atomic E-state index is 13.2. The molecule has 2 aliphatic rings. The van der Waals surface area contributed by atoms with Crippen molar-refractivity contribution in [2.45, 2.75) is 13.8 Å². The topological polar surface area (TPSA) is 131 Å². The molecule has 0 aliphatic carbocycles. The molecule has 2 aliphatic heterocycles. The highest BCUT2D eigenvalue weighted by molar-refractivity contribution is 6.33. The van der Waals surface area contributed by atoms with E-state index in [0.717, 1.165) is 0 Å². The molecule has 2 heterocycles. The largest absolute Gasteiger partial charge is 0.411 e. The van der Waals surface area contributed by atoms with Gasteiger partial charge < -0.3 is 10.4 Å². The number of oxime groups is 2. The average molecular weight is 509 g/mol. The monoisotopic (exact) mass is 508 g/mol. The van der Waals surface area contributed by atoms with Crippen LogP contribution < -0.4 is 10.0 Å². The predicted octanol–water partition coefficient (Wildman–Crippen LogP) is 4.12. The summed E-state index contributed by atoms with van der Waals surface area (Å²) >= 11 is 0. The van der Waals surface area contributed by atoms with E-state index in [1.807, 2.05) is 12.1 Å². The molecule has 10 nitrogen and oxygen atoms in total. The molecule has 0 saturated carbocycles. The third-order valence-corrected chi connectivity index (χ3v) is 6.50. The molecule has 3 aromatic carbocycles. The Kier molecular flexibility index (Phi) is 6.53. The van der Waals surface area contributed by atoms with Crippen molar-refractivity contribution in [2.75, 3.05) is 10.0 Å². The number of para-hydroxylation sites is 2. The number of amides is 2. The summed E-state index contributed by atoms with van der Waals surface area (Å²) in [5.41, 5.74) is 3.41. The van der Waals surface area contributed by atoms with Gasteiger partial charge in [0.05, 0.1) is 22.8 Å². The SMILES string of the molecule is CC1=NN(c2ccccc2)C(=O)C1C(=NO)c1ccc(C(=NO)C2C(=O)N(c3ccccc3)N=C2C)cc1. The number of hydrazone groups is 2. The number of anilines is 2. The minimum atomic E-state index is -0.873. The minimum Gasteiger partial charge on any atom is -0.411 e. The van der Waals surface area contributed by atoms with E-state index in [-0.39, 0.29) is 23.2 Å². The lowest BCUT2D eigenvalue weighted by Gasteiger charge is -2.17. The average Bonchev–Trinajstić information content (AvgIpc) is 3.41. The Balaban J connectivity index is 1.39. The molecule has 2 amide bonds. The van der Waals surface area contributed by atoms with E-state index >= 15 is 0 Å². The lowest BCUT2D eigenvalue weighted by molar-refractivity contribution is -0.119. The van der Waals surface area contributed by atoms with Crippen LogP contribution in [0.3, 0.4) is 0 Å². The smallest absolute Gasteiger partial charge is 0.262 e. The van der Waals surface area contributed by atoms with Crippen molar-refractivity contribution in [1.82, 2.24) is 0 Å². The normalized spacial score (nSPS) is 20.2. The molecule has 0 aromatic heterocycles. The van der Waals surface area contributed by atoms with Crippen molar-refractivity contribution < 1.29 is 20.0 Å². The Bertz CT molecular complexity index is 1380. The molecule has 10 heteroatoms. The molecule has 190 valence electrons. The second-order valence-electron chi connectivity index (χ2n) is 8.87. The molecule has 2 atom stereocenters. The summed E-state index contributed by atoms with van der Waals surface area (Å²) in [6.07, 6.45) is 0. The lowest BCUT2D eigenvalue weighted by atomic mass is 9.89. The van der Waals surface area contributed by atoms with Gasteiger partial charge in [0.25, 0.3) is 11.8 Å². The van der Waals surface area contributed by atoms with E-state index in [2.05, 4.69) is 20.5 Å². The molecule has 0 radical (unpaired) electrons. The van der Waals surface area contributed by atoms with E-state index in [0.29, 0.717) is 33.9 Å². The van der Waals surface area contributed by atoms with E-state index in [1.54, 1.807) is 86.6 Å². The summed E-state index contributed by atoms with van der Waals surface area (Å²) in [4.78, 5) is 26.4. The van der Waals surface area contributed by atoms with Crippen LogP contribution >= 0.6 is 0 Å². The predicted molar refractivity (Wildman–Crippen MR) is 144 cm³/mol. The van der Waals surface area contributed by atoms with Gasteiger partial charge in [0.1, 0.15) is 23.3 Å². The first-order valence-corrected chi connectivity index (χ1v) is 11.9. The quantitative estimate of drug-likeness (QED) is 0.295. The highest BCUT2D eigenvalue weighted by Crippen LogP contribution is 2.29. The highest BCUT2D eigenvalue weighted by atomic mass is 16.4. The summed E-state index contributed by atoms with van der Waals surface area (Å²) in [6.45, 7) is 3.40. The maximum Gasteiger partial charge on any atom is 0.262 e. The molecule has 0 bridgehead atoms. The van der Waals surface area contributed by atoms with Crippen molar-refractivity contribution >= 4 is 46.0 Å². The fourth-order valence-electron chi connectivity index (χ4n) is 4.65. The van der Waals surface area contributed by atoms with E-state index < -0.39 is 11.8 Å². The van der Waals surface area contributed by atoms with Crippen LogP contribution in [0.4, 0.5) is 11.4 Å². The van der Waals surface area contributed by atoms with Gasteiger partial charge in [-0.2, -0.15) is 20.2 Å². The van der Waals surface area contributed by atoms with Crippen molar-refractivity contribution in [3.8, 4) is 0 Å². The Hall–Kier alpha value is -5.12. The Morgan fingerprint density at radius 2 is 0.974 bits per heavy atom. The third-order valence-electron chi connectivity index (χ3n) is 6.50. The first kappa shape index (κ1) is 24.6. The first-order valence-electron chi connectivity index (χ1n) is 11.9. The zero-order valence-corrected chi connectivity index (χ0v) is 20.6. The number of carbonyl (C=O) groups excluding carboxylic acids is 2. The highest BCUT2D eigenvalue weighted by Gasteiger charge is 2.40. The van der Waals surface area contributed by atoms with Crippen LogP contribution in [0.1, 0.15) is 25.0 Å². The minimum absolute atomic E-state index is 0.133. The van der Waals surface area contributed by atoms with Crippen LogP contribution in [0.15, 0.2) is 105 Å². The fourth-order valence-corrected chi connectivity index (χ4v) is 4.65. The molecule has 2 unspecified atom stereocenters. The van der Waals surface area contributed by atoms with Crippen LogP contribution in [-0.2, 0) is 9.59 Å². The Morgan fingerprint density at radius 1 is 0.632 bits per heavy atom. The van der Waals surface area contributed by atoms with Gasteiger partial charge in [0, 0.05) is 11.1 Å². The summed E-state index contributed by atoms with van der Waals surface area (Å²) < 4.78 is 0. The van der Waals surface area contributed by atoms with Crippen LogP contribution in [0.5, 0.6) is 0 Å². The van der Waals surface area contributed by atoms with Crippen LogP contribution in [0.25, 0.3) is 0 Å². The lowest BCUT2D eigenvalue weighted by Crippen LogP contribution is -2.34. The van der Waals surface area contributed by atoms with Gasteiger partial charge in [-0.1, -0.05) is 71.0 Å². The van der Waals surface area contributed by atoms with Crippen LogP contribution in [-0.4, -0.2) is 45.1 Å². The zero-order valence-electron chi connectivity index (χ0n) is 20.6. The molecule has 5 rings (SSSR count). The molecule has 38 heavy (non-hydrogen) atoms. The van der Waals surface area contributed by atoms with Gasteiger partial charge in [0.15, 0.2) is 0 Å². The van der Waals surface area contributed by atoms with Crippen LogP contribution in [0.2, 0.25) is 0 Å². The van der Waals surface area contributed by atoms with Gasteiger partial charge >= 0.3 is 0 Å². The summed E-state index contributed by atoms with van der Waals surface area (Å²) in [5.74, 6) is -2.43. The number of nitrogens with zero attached hydrogens (tertiary/aromatic N) is 6. The zero-order chi connectivity index (χ0) is 26.8. The number of carbonyl (C=O) groups is 2. The number of hydrogen-bond acceptors (Lipinski definition) is 8. The van der Waals surface area contributed by atoms with Crippen LogP contribution in [0, 0.1) is 11.8 Å². The molecular weight excluding hydrogens is 484 g/mol. The van der Waals surface area contributed by atoms with Crippen molar-refractivity contribution in [1.29, 1.82) is 0 Å². The van der Waals surface area contributed by atoms with Crippen molar-refractivity contribution in [3.05, 3.63) is 96.1 Å². The fraction of sp³-hybridized carbons (Fsp3) is 0.143. The standard InChI is InChI=1S/C28H24N6O4/c1-17-23(27(35)33(29-17)21-9-5-3-6-10-21)25(31-37)19-13-15-20(16-14-19)26(32-38)24-18(2)30-34(28(24)36)22-11-7-4-8-12-22/h3-16,23-24,37-38H,1-2H3. The van der Waals surface area contributed by atoms with E-state index in [9.17, 15) is 20.0 Å². The molecule has 0 spiro atoms. The van der Waals surface area contributed by atoms with Gasteiger partial charge in [-0.25, -0.2) is 0 Å². The number of benzene rings is 3. The molecular formula is C28H24N6O4.